The quantitative estimate of drug-likeness (QED) is 0.535. The maximum absolute atomic E-state index is 13.0. The minimum atomic E-state index is -0.182. The number of carbonyl (C=O) groups is 1. The third-order valence-electron chi connectivity index (χ3n) is 5.45. The van der Waals surface area contributed by atoms with Gasteiger partial charge in [0.15, 0.2) is 17.1 Å². The number of hydrogen-bond donors (Lipinski definition) is 1. The van der Waals surface area contributed by atoms with Gasteiger partial charge in [-0.1, -0.05) is 43.3 Å². The van der Waals surface area contributed by atoms with Crippen molar-refractivity contribution < 1.29 is 14.3 Å². The normalized spacial score (nSPS) is 12.3. The van der Waals surface area contributed by atoms with Gasteiger partial charge in [0.05, 0.1) is 17.0 Å². The van der Waals surface area contributed by atoms with Crippen molar-refractivity contribution in [3.8, 4) is 22.6 Å². The molecule has 0 radical (unpaired) electrons. The lowest BCUT2D eigenvalue weighted by molar-refractivity contribution is 0.0948. The van der Waals surface area contributed by atoms with E-state index in [-0.39, 0.29) is 12.7 Å². The molecule has 7 heteroatoms. The number of aromatic nitrogens is 3. The van der Waals surface area contributed by atoms with Gasteiger partial charge in [-0.15, -0.1) is 0 Å². The Kier molecular flexibility index (Phi) is 4.78. The molecule has 0 saturated heterocycles. The third-order valence-corrected chi connectivity index (χ3v) is 5.45. The smallest absolute Gasteiger partial charge is 0.254 e. The highest BCUT2D eigenvalue weighted by molar-refractivity contribution is 5.95. The van der Waals surface area contributed by atoms with Gasteiger partial charge in [0.1, 0.15) is 0 Å². The van der Waals surface area contributed by atoms with E-state index in [9.17, 15) is 4.79 Å². The lowest BCUT2D eigenvalue weighted by Gasteiger charge is -2.11. The molecular formula is C24H22N4O3. The van der Waals surface area contributed by atoms with Gasteiger partial charge in [0, 0.05) is 18.3 Å². The van der Waals surface area contributed by atoms with Crippen LogP contribution in [0.25, 0.3) is 16.8 Å². The Labute approximate surface area is 179 Å². The standard InChI is InChI=1S/C24H22N4O3/c1-3-19-18(24(29)26-12-16-9-10-20-21(11-16)31-14-30-20)13-25-23-22(15(2)27-28(19)23)17-7-5-4-6-8-17/h4-11,13H,3,12,14H2,1-2H3,(H,26,29). The van der Waals surface area contributed by atoms with Crippen molar-refractivity contribution in [3.05, 3.63) is 77.2 Å². The lowest BCUT2D eigenvalue weighted by Crippen LogP contribution is -2.25. The Morgan fingerprint density at radius 1 is 1.13 bits per heavy atom. The van der Waals surface area contributed by atoms with Crippen molar-refractivity contribution in [1.29, 1.82) is 0 Å². The van der Waals surface area contributed by atoms with Gasteiger partial charge in [-0.3, -0.25) is 4.79 Å². The van der Waals surface area contributed by atoms with Crippen LogP contribution in [0.5, 0.6) is 11.5 Å². The number of fused-ring (bicyclic) bond motifs is 2. The van der Waals surface area contributed by atoms with Crippen LogP contribution in [0.1, 0.15) is 34.2 Å². The molecule has 5 rings (SSSR count). The van der Waals surface area contributed by atoms with Crippen LogP contribution in [0.15, 0.2) is 54.7 Å². The molecule has 0 saturated carbocycles. The molecule has 1 amide bonds. The molecule has 1 aliphatic heterocycles. The summed E-state index contributed by atoms with van der Waals surface area (Å²) in [5.74, 6) is 1.24. The van der Waals surface area contributed by atoms with Gasteiger partial charge >= 0.3 is 0 Å². The van der Waals surface area contributed by atoms with Crippen molar-refractivity contribution in [2.75, 3.05) is 6.79 Å². The van der Waals surface area contributed by atoms with Gasteiger partial charge in [-0.05, 0) is 36.6 Å². The molecule has 0 bridgehead atoms. The Balaban J connectivity index is 1.45. The van der Waals surface area contributed by atoms with E-state index >= 15 is 0 Å². The van der Waals surface area contributed by atoms with Gasteiger partial charge < -0.3 is 14.8 Å². The number of benzene rings is 2. The molecule has 2 aromatic carbocycles. The fourth-order valence-electron chi connectivity index (χ4n) is 3.94. The van der Waals surface area contributed by atoms with E-state index < -0.39 is 0 Å². The van der Waals surface area contributed by atoms with E-state index in [0.29, 0.717) is 24.3 Å². The van der Waals surface area contributed by atoms with Crippen LogP contribution in [0.4, 0.5) is 0 Å². The highest BCUT2D eigenvalue weighted by atomic mass is 16.7. The van der Waals surface area contributed by atoms with Gasteiger partial charge in [0.2, 0.25) is 6.79 Å². The monoisotopic (exact) mass is 414 g/mol. The van der Waals surface area contributed by atoms with Gasteiger partial charge in [0.25, 0.3) is 5.91 Å². The second-order valence-corrected chi connectivity index (χ2v) is 7.40. The second kappa shape index (κ2) is 7.75. The summed E-state index contributed by atoms with van der Waals surface area (Å²) in [4.78, 5) is 17.6. The molecule has 3 heterocycles. The number of amides is 1. The number of nitrogens with zero attached hydrogens (tertiary/aromatic N) is 3. The summed E-state index contributed by atoms with van der Waals surface area (Å²) in [5, 5.41) is 7.69. The molecule has 31 heavy (non-hydrogen) atoms. The van der Waals surface area contributed by atoms with Gasteiger partial charge in [-0.25, -0.2) is 9.50 Å². The molecule has 0 fully saturated rings. The highest BCUT2D eigenvalue weighted by Crippen LogP contribution is 2.32. The Hall–Kier alpha value is -3.87. The van der Waals surface area contributed by atoms with Gasteiger partial charge in [-0.2, -0.15) is 5.10 Å². The van der Waals surface area contributed by atoms with Crippen molar-refractivity contribution >= 4 is 11.6 Å². The number of hydrogen-bond acceptors (Lipinski definition) is 5. The summed E-state index contributed by atoms with van der Waals surface area (Å²) in [6.45, 7) is 4.59. The van der Waals surface area contributed by atoms with E-state index in [1.807, 2.05) is 62.4 Å². The van der Waals surface area contributed by atoms with Crippen molar-refractivity contribution in [3.63, 3.8) is 0 Å². The third kappa shape index (κ3) is 3.38. The minimum absolute atomic E-state index is 0.182. The van der Waals surface area contributed by atoms with Crippen LogP contribution >= 0.6 is 0 Å². The van der Waals surface area contributed by atoms with E-state index in [1.54, 1.807) is 10.7 Å². The first-order chi connectivity index (χ1) is 15.2. The maximum Gasteiger partial charge on any atom is 0.254 e. The molecule has 2 aromatic heterocycles. The molecule has 0 spiro atoms. The summed E-state index contributed by atoms with van der Waals surface area (Å²) in [7, 11) is 0. The average molecular weight is 414 g/mol. The van der Waals surface area contributed by atoms with Crippen LogP contribution < -0.4 is 14.8 Å². The topological polar surface area (TPSA) is 77.8 Å². The largest absolute Gasteiger partial charge is 0.454 e. The predicted octanol–water partition coefficient (Wildman–Crippen LogP) is 3.93. The van der Waals surface area contributed by atoms with E-state index in [4.69, 9.17) is 14.6 Å². The molecular weight excluding hydrogens is 392 g/mol. The van der Waals surface area contributed by atoms with Crippen molar-refractivity contribution in [1.82, 2.24) is 19.9 Å². The van der Waals surface area contributed by atoms with Crippen LogP contribution in [-0.2, 0) is 13.0 Å². The minimum Gasteiger partial charge on any atom is -0.454 e. The SMILES string of the molecule is CCc1c(C(=O)NCc2ccc3c(c2)OCO3)cnc2c(-c3ccccc3)c(C)nn12. The Morgan fingerprint density at radius 3 is 2.74 bits per heavy atom. The summed E-state index contributed by atoms with van der Waals surface area (Å²) in [6, 6.07) is 15.7. The highest BCUT2D eigenvalue weighted by Gasteiger charge is 2.20. The Bertz CT molecular complexity index is 1280. The van der Waals surface area contributed by atoms with Crippen molar-refractivity contribution in [2.24, 2.45) is 0 Å². The molecule has 0 unspecified atom stereocenters. The number of ether oxygens (including phenoxy) is 2. The predicted molar refractivity (Wildman–Crippen MR) is 116 cm³/mol. The zero-order valence-electron chi connectivity index (χ0n) is 17.4. The zero-order chi connectivity index (χ0) is 21.4. The zero-order valence-corrected chi connectivity index (χ0v) is 17.4. The molecule has 156 valence electrons. The van der Waals surface area contributed by atoms with Crippen LogP contribution in [0.2, 0.25) is 0 Å². The van der Waals surface area contributed by atoms with E-state index in [1.165, 1.54) is 0 Å². The second-order valence-electron chi connectivity index (χ2n) is 7.40. The van der Waals surface area contributed by atoms with Crippen molar-refractivity contribution in [2.45, 2.75) is 26.8 Å². The molecule has 4 aromatic rings. The number of carbonyl (C=O) groups excluding carboxylic acids is 1. The lowest BCUT2D eigenvalue weighted by atomic mass is 10.1. The first-order valence-electron chi connectivity index (χ1n) is 10.2. The van der Waals surface area contributed by atoms with E-state index in [0.717, 1.165) is 39.5 Å². The molecule has 0 atom stereocenters. The number of aryl methyl sites for hydroxylation is 2. The van der Waals surface area contributed by atoms with E-state index in [2.05, 4.69) is 10.3 Å². The Morgan fingerprint density at radius 2 is 1.94 bits per heavy atom. The maximum atomic E-state index is 13.0. The summed E-state index contributed by atoms with van der Waals surface area (Å²) < 4.78 is 12.5. The summed E-state index contributed by atoms with van der Waals surface area (Å²) in [6.07, 6.45) is 2.30. The molecule has 1 aliphatic rings. The molecule has 1 N–H and O–H groups in total. The van der Waals surface area contributed by atoms with Crippen LogP contribution in [0.3, 0.4) is 0 Å². The summed E-state index contributed by atoms with van der Waals surface area (Å²) >= 11 is 0. The summed E-state index contributed by atoms with van der Waals surface area (Å²) in [5.41, 5.74) is 5.98. The molecule has 7 nitrogen and oxygen atoms in total. The van der Waals surface area contributed by atoms with Crippen LogP contribution in [-0.4, -0.2) is 27.3 Å². The number of rotatable bonds is 5. The fraction of sp³-hybridized carbons (Fsp3) is 0.208. The van der Waals surface area contributed by atoms with Crippen LogP contribution in [0, 0.1) is 6.92 Å². The first-order valence-corrected chi connectivity index (χ1v) is 10.2. The number of nitrogens with one attached hydrogen (secondary N) is 1. The molecule has 0 aliphatic carbocycles. The fourth-order valence-corrected chi connectivity index (χ4v) is 3.94. The first kappa shape index (κ1) is 19.1. The average Bonchev–Trinajstić information content (AvgIpc) is 3.40.